The van der Waals surface area contributed by atoms with Gasteiger partial charge in [0.05, 0.1) is 0 Å². The Kier molecular flexibility index (Phi) is 10.3. The highest BCUT2D eigenvalue weighted by molar-refractivity contribution is 14.1. The third-order valence-electron chi connectivity index (χ3n) is 3.91. The molecule has 2 atom stereocenters. The molecule has 0 saturated heterocycles. The van der Waals surface area contributed by atoms with E-state index in [0.29, 0.717) is 12.8 Å². The summed E-state index contributed by atoms with van der Waals surface area (Å²) in [5, 5.41) is 9.72. The summed E-state index contributed by atoms with van der Waals surface area (Å²) >= 11 is 2.28. The first-order chi connectivity index (χ1) is 11.5. The zero-order valence-corrected chi connectivity index (χ0v) is 16.9. The summed E-state index contributed by atoms with van der Waals surface area (Å²) in [6.45, 7) is 4.15. The first-order valence-corrected chi connectivity index (χ1v) is 9.44. The van der Waals surface area contributed by atoms with E-state index in [0.717, 1.165) is 28.4 Å². The van der Waals surface area contributed by atoms with Gasteiger partial charge in [0, 0.05) is 16.7 Å². The van der Waals surface area contributed by atoms with Crippen LogP contribution in [0.15, 0.2) is 24.3 Å². The molecule has 0 aliphatic carbocycles. The minimum absolute atomic E-state index is 0.0934. The molecule has 1 amide bonds. The van der Waals surface area contributed by atoms with Crippen LogP contribution in [0, 0.1) is 3.57 Å². The lowest BCUT2D eigenvalue weighted by Crippen LogP contribution is -2.48. The van der Waals surface area contributed by atoms with Crippen molar-refractivity contribution >= 4 is 28.7 Å². The van der Waals surface area contributed by atoms with Gasteiger partial charge in [-0.15, -0.1) is 0 Å². The summed E-state index contributed by atoms with van der Waals surface area (Å²) in [6, 6.07) is 7.87. The van der Waals surface area contributed by atoms with E-state index in [9.17, 15) is 9.90 Å². The van der Waals surface area contributed by atoms with Crippen LogP contribution >= 0.6 is 22.6 Å². The molecule has 136 valence electrons. The molecule has 1 aromatic carbocycles. The Morgan fingerprint density at radius 2 is 2.04 bits per heavy atom. The Labute approximate surface area is 158 Å². The van der Waals surface area contributed by atoms with Gasteiger partial charge in [0.2, 0.25) is 0 Å². The van der Waals surface area contributed by atoms with Crippen LogP contribution in [0.1, 0.15) is 45.1 Å². The first kappa shape index (κ1) is 21.2. The molecule has 1 N–H and O–H groups in total. The normalized spacial score (nSPS) is 13.5. The molecule has 6 heteroatoms. The van der Waals surface area contributed by atoms with Crippen LogP contribution in [0.2, 0.25) is 0 Å². The van der Waals surface area contributed by atoms with Crippen LogP contribution in [-0.4, -0.2) is 42.3 Å². The number of nitrogens with zero attached hydrogens (tertiary/aromatic N) is 1. The molecular formula is C18H28INO4. The van der Waals surface area contributed by atoms with Gasteiger partial charge in [-0.2, -0.15) is 0 Å². The minimum Gasteiger partial charge on any atom is -0.465 e. The number of hydrogen-bond acceptors (Lipinski definition) is 3. The summed E-state index contributed by atoms with van der Waals surface area (Å²) < 4.78 is 11.8. The van der Waals surface area contributed by atoms with Crippen LogP contribution in [0.5, 0.6) is 0 Å². The number of carboxylic acid groups (broad SMARTS) is 1. The van der Waals surface area contributed by atoms with Crippen molar-refractivity contribution in [3.63, 3.8) is 0 Å². The van der Waals surface area contributed by atoms with E-state index in [1.54, 1.807) is 7.11 Å². The van der Waals surface area contributed by atoms with Crippen LogP contribution in [0.4, 0.5) is 4.79 Å². The van der Waals surface area contributed by atoms with E-state index in [1.807, 2.05) is 31.2 Å². The molecule has 0 aliphatic rings. The lowest BCUT2D eigenvalue weighted by molar-refractivity contribution is -0.133. The number of halogens is 1. The second-order valence-electron chi connectivity index (χ2n) is 5.86. The summed E-state index contributed by atoms with van der Waals surface area (Å²) in [5.74, 6) is 0. The van der Waals surface area contributed by atoms with E-state index in [-0.39, 0.29) is 12.8 Å². The van der Waals surface area contributed by atoms with Crippen LogP contribution in [-0.2, 0) is 15.9 Å². The Balaban J connectivity index is 2.85. The van der Waals surface area contributed by atoms with Gasteiger partial charge in [-0.3, -0.25) is 4.90 Å². The molecule has 0 bridgehead atoms. The maximum absolute atomic E-state index is 11.9. The molecule has 0 spiro atoms. The van der Waals surface area contributed by atoms with Gasteiger partial charge >= 0.3 is 6.09 Å². The van der Waals surface area contributed by atoms with E-state index in [4.69, 9.17) is 9.47 Å². The monoisotopic (exact) mass is 449 g/mol. The summed E-state index contributed by atoms with van der Waals surface area (Å²) in [4.78, 5) is 13.3. The fraction of sp³-hybridized carbons (Fsp3) is 0.611. The van der Waals surface area contributed by atoms with E-state index in [2.05, 4.69) is 29.5 Å². The Hall–Kier alpha value is -0.860. The topological polar surface area (TPSA) is 59.0 Å². The number of methoxy groups -OCH3 is 1. The number of rotatable bonds is 11. The highest BCUT2D eigenvalue weighted by Crippen LogP contribution is 2.20. The van der Waals surface area contributed by atoms with Crippen molar-refractivity contribution in [2.45, 2.75) is 58.2 Å². The largest absolute Gasteiger partial charge is 0.465 e. The Morgan fingerprint density at radius 1 is 1.33 bits per heavy atom. The summed E-state index contributed by atoms with van der Waals surface area (Å²) in [6.07, 6.45) is 2.99. The van der Waals surface area contributed by atoms with Crippen molar-refractivity contribution < 1.29 is 19.4 Å². The molecule has 0 radical (unpaired) electrons. The van der Waals surface area contributed by atoms with Crippen molar-refractivity contribution in [1.29, 1.82) is 0 Å². The average Bonchev–Trinajstić information content (AvgIpc) is 2.54. The molecule has 2 unspecified atom stereocenters. The zero-order valence-electron chi connectivity index (χ0n) is 14.7. The smallest absolute Gasteiger partial charge is 0.409 e. The van der Waals surface area contributed by atoms with E-state index in [1.165, 1.54) is 4.90 Å². The predicted octanol–water partition coefficient (Wildman–Crippen LogP) is 4.73. The second-order valence-corrected chi connectivity index (χ2v) is 7.02. The zero-order chi connectivity index (χ0) is 17.9. The van der Waals surface area contributed by atoms with Gasteiger partial charge in [-0.05, 0) is 60.4 Å². The molecule has 1 rings (SSSR count). The third kappa shape index (κ3) is 6.94. The highest BCUT2D eigenvalue weighted by Gasteiger charge is 2.29. The molecule has 0 saturated carbocycles. The van der Waals surface area contributed by atoms with Crippen molar-refractivity contribution in [3.8, 4) is 0 Å². The number of unbranched alkanes of at least 4 members (excludes halogenated alkanes) is 2. The van der Waals surface area contributed by atoms with Crippen molar-refractivity contribution in [3.05, 3.63) is 33.4 Å². The Morgan fingerprint density at radius 3 is 2.62 bits per heavy atom. The summed E-state index contributed by atoms with van der Waals surface area (Å²) in [7, 11) is 1.55. The fourth-order valence-corrected chi connectivity index (χ4v) is 3.30. The average molecular weight is 449 g/mol. The van der Waals surface area contributed by atoms with Crippen molar-refractivity contribution in [1.82, 2.24) is 4.90 Å². The van der Waals surface area contributed by atoms with E-state index < -0.39 is 12.3 Å². The van der Waals surface area contributed by atoms with Crippen molar-refractivity contribution in [2.75, 3.05) is 13.9 Å². The number of hydrogen-bond donors (Lipinski definition) is 1. The van der Waals surface area contributed by atoms with E-state index >= 15 is 0 Å². The maximum Gasteiger partial charge on any atom is 0.409 e. The highest BCUT2D eigenvalue weighted by atomic mass is 127. The number of benzene rings is 1. The van der Waals surface area contributed by atoms with Gasteiger partial charge in [0.25, 0.3) is 0 Å². The molecule has 5 nitrogen and oxygen atoms in total. The molecule has 0 aliphatic heterocycles. The maximum atomic E-state index is 11.9. The van der Waals surface area contributed by atoms with Crippen LogP contribution in [0.25, 0.3) is 0 Å². The number of amides is 1. The minimum atomic E-state index is -0.953. The molecule has 1 aromatic rings. The molecule has 0 fully saturated rings. The van der Waals surface area contributed by atoms with Gasteiger partial charge in [0.15, 0.2) is 0 Å². The molecule has 24 heavy (non-hydrogen) atoms. The standard InChI is InChI=1S/C18H28INO4/c1-4-5-6-11-17(24-13-23-3)20(18(21)22)14(2)12-15-9-7-8-10-16(15)19/h7-10,14,17H,4-6,11-13H2,1-3H3,(H,21,22). The molecular weight excluding hydrogens is 421 g/mol. The van der Waals surface area contributed by atoms with Crippen LogP contribution in [0.3, 0.4) is 0 Å². The first-order valence-electron chi connectivity index (χ1n) is 8.36. The number of carbonyl (C=O) groups is 1. The second kappa shape index (κ2) is 11.7. The van der Waals surface area contributed by atoms with Gasteiger partial charge in [-0.1, -0.05) is 38.0 Å². The Bertz CT molecular complexity index is 498. The summed E-state index contributed by atoms with van der Waals surface area (Å²) in [5.41, 5.74) is 1.15. The quantitative estimate of drug-likeness (QED) is 0.302. The SMILES string of the molecule is CCCCCC(OCOC)N(C(=O)O)C(C)Cc1ccccc1I. The lowest BCUT2D eigenvalue weighted by Gasteiger charge is -2.34. The predicted molar refractivity (Wildman–Crippen MR) is 103 cm³/mol. The third-order valence-corrected chi connectivity index (χ3v) is 4.96. The molecule has 0 aromatic heterocycles. The van der Waals surface area contributed by atoms with Gasteiger partial charge < -0.3 is 14.6 Å². The molecule has 0 heterocycles. The fourth-order valence-electron chi connectivity index (χ4n) is 2.69. The van der Waals surface area contributed by atoms with Crippen LogP contribution < -0.4 is 0 Å². The van der Waals surface area contributed by atoms with Gasteiger partial charge in [-0.25, -0.2) is 4.79 Å². The van der Waals surface area contributed by atoms with Gasteiger partial charge in [0.1, 0.15) is 13.0 Å². The van der Waals surface area contributed by atoms with Crippen molar-refractivity contribution in [2.24, 2.45) is 0 Å². The lowest BCUT2D eigenvalue weighted by atomic mass is 10.1. The number of ether oxygens (including phenoxy) is 2.